The number of piperidine rings is 1. The third-order valence-electron chi connectivity index (χ3n) is 6.49. The number of hydrogen-bond acceptors (Lipinski definition) is 6. The molecule has 1 N–H and O–H groups in total. The first kappa shape index (κ1) is 18.4. The summed E-state index contributed by atoms with van der Waals surface area (Å²) in [6, 6.07) is 7.02. The zero-order valence-electron chi connectivity index (χ0n) is 16.2. The fourth-order valence-electron chi connectivity index (χ4n) is 4.89. The van der Waals surface area contributed by atoms with Gasteiger partial charge >= 0.3 is 0 Å². The molecule has 1 aromatic carbocycles. The summed E-state index contributed by atoms with van der Waals surface area (Å²) in [5.74, 6) is -0.678. The van der Waals surface area contributed by atoms with E-state index in [1.165, 1.54) is 4.68 Å². The number of nitrogens with one attached hydrogen (secondary N) is 1. The molecular weight excluding hydrogens is 372 g/mol. The lowest BCUT2D eigenvalue weighted by Crippen LogP contribution is -2.50. The molecule has 8 nitrogen and oxygen atoms in total. The third kappa shape index (κ3) is 3.07. The van der Waals surface area contributed by atoms with Gasteiger partial charge in [0.25, 0.3) is 0 Å². The highest BCUT2D eigenvalue weighted by Crippen LogP contribution is 2.33. The van der Waals surface area contributed by atoms with Crippen molar-refractivity contribution in [2.45, 2.75) is 56.7 Å². The van der Waals surface area contributed by atoms with Gasteiger partial charge in [0.1, 0.15) is 0 Å². The molecule has 2 fully saturated rings. The molecule has 0 amide bonds. The van der Waals surface area contributed by atoms with Crippen molar-refractivity contribution in [3.05, 3.63) is 52.0 Å². The Morgan fingerprint density at radius 3 is 2.72 bits per heavy atom. The maximum atomic E-state index is 12.9. The molecule has 1 aliphatic carbocycles. The predicted molar refractivity (Wildman–Crippen MR) is 103 cm³/mol. The van der Waals surface area contributed by atoms with Crippen LogP contribution in [0, 0.1) is 5.21 Å². The number of fused-ring (bicyclic) bond motifs is 2. The lowest BCUT2D eigenvalue weighted by molar-refractivity contribution is -0.749. The SMILES string of the molecule is O=C1c2ccccc2C(=O)c2c1n[n+]([O-])n2CCCC1CCC2(CCCO2)CN1. The molecule has 0 saturated carbocycles. The molecule has 3 aliphatic rings. The van der Waals surface area contributed by atoms with E-state index >= 15 is 0 Å². The Balaban J connectivity index is 1.27. The number of nitrogens with zero attached hydrogens (tertiary/aromatic N) is 3. The Hall–Kier alpha value is -2.58. The second-order valence-electron chi connectivity index (χ2n) is 8.27. The average molecular weight is 396 g/mol. The Labute approximate surface area is 168 Å². The van der Waals surface area contributed by atoms with Crippen LogP contribution >= 0.6 is 0 Å². The van der Waals surface area contributed by atoms with E-state index in [2.05, 4.69) is 10.4 Å². The van der Waals surface area contributed by atoms with Gasteiger partial charge in [-0.15, -0.1) is 4.68 Å². The Kier molecular flexibility index (Phi) is 4.48. The fourth-order valence-corrected chi connectivity index (χ4v) is 4.89. The highest BCUT2D eigenvalue weighted by atomic mass is 16.5. The highest BCUT2D eigenvalue weighted by Gasteiger charge is 2.40. The maximum absolute atomic E-state index is 12.9. The van der Waals surface area contributed by atoms with Crippen LogP contribution in [0.25, 0.3) is 0 Å². The average Bonchev–Trinajstić information content (AvgIpc) is 3.33. The first-order valence-corrected chi connectivity index (χ1v) is 10.3. The summed E-state index contributed by atoms with van der Waals surface area (Å²) in [5.41, 5.74) is 0.740. The van der Waals surface area contributed by atoms with Crippen molar-refractivity contribution in [3.63, 3.8) is 0 Å². The van der Waals surface area contributed by atoms with Crippen LogP contribution in [0.3, 0.4) is 0 Å². The lowest BCUT2D eigenvalue weighted by Gasteiger charge is -2.37. The van der Waals surface area contributed by atoms with Crippen LogP contribution in [0.4, 0.5) is 0 Å². The molecule has 8 heteroatoms. The summed E-state index contributed by atoms with van der Waals surface area (Å²) in [4.78, 5) is 26.0. The van der Waals surface area contributed by atoms with E-state index in [1.54, 1.807) is 24.3 Å². The van der Waals surface area contributed by atoms with Crippen molar-refractivity contribution in [1.29, 1.82) is 0 Å². The number of ketones is 2. The molecular formula is C21H24N4O4. The summed E-state index contributed by atoms with van der Waals surface area (Å²) in [6.45, 7) is 2.09. The van der Waals surface area contributed by atoms with E-state index < -0.39 is 0 Å². The van der Waals surface area contributed by atoms with E-state index in [0.717, 1.165) is 51.7 Å². The summed E-state index contributed by atoms with van der Waals surface area (Å²) in [6.07, 6.45) is 5.99. The topological polar surface area (TPSA) is 100 Å². The summed E-state index contributed by atoms with van der Waals surface area (Å²) in [7, 11) is 0. The monoisotopic (exact) mass is 396 g/mol. The Bertz CT molecular complexity index is 967. The van der Waals surface area contributed by atoms with Crippen LogP contribution in [0.5, 0.6) is 0 Å². The minimum absolute atomic E-state index is 0.0259. The lowest BCUT2D eigenvalue weighted by atomic mass is 9.86. The van der Waals surface area contributed by atoms with Crippen LogP contribution in [0.2, 0.25) is 0 Å². The van der Waals surface area contributed by atoms with Crippen molar-refractivity contribution in [1.82, 2.24) is 15.1 Å². The van der Waals surface area contributed by atoms with Crippen molar-refractivity contribution in [2.24, 2.45) is 0 Å². The van der Waals surface area contributed by atoms with E-state index in [4.69, 9.17) is 4.74 Å². The fraction of sp³-hybridized carbons (Fsp3) is 0.524. The second kappa shape index (κ2) is 7.03. The maximum Gasteiger partial charge on any atom is 0.220 e. The first-order chi connectivity index (χ1) is 14.1. The first-order valence-electron chi connectivity index (χ1n) is 10.3. The van der Waals surface area contributed by atoms with Crippen LogP contribution in [-0.2, 0) is 11.3 Å². The second-order valence-corrected chi connectivity index (χ2v) is 8.27. The van der Waals surface area contributed by atoms with Gasteiger partial charge in [-0.1, -0.05) is 24.3 Å². The van der Waals surface area contributed by atoms with Gasteiger partial charge < -0.3 is 15.3 Å². The molecule has 1 aromatic heterocycles. The number of ether oxygens (including phenoxy) is 1. The largest absolute Gasteiger partial charge is 0.571 e. The van der Waals surface area contributed by atoms with Gasteiger partial charge in [0.2, 0.25) is 17.3 Å². The molecule has 2 aromatic rings. The Morgan fingerprint density at radius 2 is 2.03 bits per heavy atom. The van der Waals surface area contributed by atoms with Crippen molar-refractivity contribution >= 4 is 11.6 Å². The number of aromatic nitrogens is 3. The summed E-state index contributed by atoms with van der Waals surface area (Å²) < 4.78 is 7.23. The molecule has 0 radical (unpaired) electrons. The number of benzene rings is 1. The standard InChI is InChI=1S/C21H24N4O4/c26-19-15-6-1-2-7-16(15)20(27)18-17(19)23-25(28)24(18)11-3-5-14-8-10-21(13-22-14)9-4-12-29-21/h1-2,6-7,14,22H,3-5,8-13H2. The van der Waals surface area contributed by atoms with Crippen LogP contribution in [-0.4, -0.2) is 46.1 Å². The van der Waals surface area contributed by atoms with Crippen molar-refractivity contribution < 1.29 is 19.3 Å². The predicted octanol–water partition coefficient (Wildman–Crippen LogP) is 1.37. The molecule has 3 heterocycles. The normalized spacial score (nSPS) is 26.0. The van der Waals surface area contributed by atoms with E-state index in [9.17, 15) is 14.8 Å². The molecule has 29 heavy (non-hydrogen) atoms. The number of carbonyl (C=O) groups is 2. The number of rotatable bonds is 4. The van der Waals surface area contributed by atoms with Gasteiger partial charge in [0.15, 0.2) is 5.69 Å². The summed E-state index contributed by atoms with van der Waals surface area (Å²) in [5, 5.41) is 19.7. The van der Waals surface area contributed by atoms with Gasteiger partial charge in [-0.3, -0.25) is 9.59 Å². The molecule has 2 saturated heterocycles. The smallest absolute Gasteiger partial charge is 0.220 e. The van der Waals surface area contributed by atoms with Crippen molar-refractivity contribution in [2.75, 3.05) is 13.2 Å². The highest BCUT2D eigenvalue weighted by molar-refractivity contribution is 6.26. The molecule has 2 unspecified atom stereocenters. The molecule has 5 rings (SSSR count). The molecule has 1 spiro atoms. The Morgan fingerprint density at radius 1 is 1.24 bits per heavy atom. The third-order valence-corrected chi connectivity index (χ3v) is 6.49. The zero-order chi connectivity index (χ0) is 20.0. The van der Waals surface area contributed by atoms with Gasteiger partial charge in [-0.05, 0) is 38.5 Å². The molecule has 2 atom stereocenters. The van der Waals surface area contributed by atoms with E-state index in [-0.39, 0.29) is 28.6 Å². The number of carbonyl (C=O) groups excluding carboxylic acids is 2. The molecule has 0 bridgehead atoms. The minimum atomic E-state index is -0.366. The number of hydrogen-bond donors (Lipinski definition) is 1. The van der Waals surface area contributed by atoms with E-state index in [0.29, 0.717) is 28.7 Å². The van der Waals surface area contributed by atoms with Crippen LogP contribution in [0.15, 0.2) is 24.3 Å². The van der Waals surface area contributed by atoms with Crippen LogP contribution in [0.1, 0.15) is 70.6 Å². The van der Waals surface area contributed by atoms with Gasteiger partial charge in [-0.2, -0.15) is 0 Å². The quantitative estimate of drug-likeness (QED) is 0.528. The van der Waals surface area contributed by atoms with Gasteiger partial charge in [-0.25, -0.2) is 0 Å². The van der Waals surface area contributed by atoms with E-state index in [1.807, 2.05) is 0 Å². The molecule has 152 valence electrons. The van der Waals surface area contributed by atoms with Crippen LogP contribution < -0.4 is 10.3 Å². The molecule has 2 aliphatic heterocycles. The minimum Gasteiger partial charge on any atom is -0.571 e. The zero-order valence-corrected chi connectivity index (χ0v) is 16.2. The van der Waals surface area contributed by atoms with Gasteiger partial charge in [0.05, 0.1) is 12.1 Å². The van der Waals surface area contributed by atoms with Gasteiger partial charge in [0, 0.05) is 40.4 Å². The summed E-state index contributed by atoms with van der Waals surface area (Å²) >= 11 is 0. The van der Waals surface area contributed by atoms with Crippen molar-refractivity contribution in [3.8, 4) is 0 Å².